The summed E-state index contributed by atoms with van der Waals surface area (Å²) in [5, 5.41) is 0.846. The minimum atomic E-state index is -3.24. The summed E-state index contributed by atoms with van der Waals surface area (Å²) in [4.78, 5) is 21.3. The minimum Gasteiger partial charge on any atom is -0.484 e. The van der Waals surface area contributed by atoms with Crippen LogP contribution in [0.3, 0.4) is 0 Å². The number of carbonyl (C=O) groups is 1. The van der Waals surface area contributed by atoms with Gasteiger partial charge in [0.1, 0.15) is 5.75 Å². The fourth-order valence-electron chi connectivity index (χ4n) is 3.16. The molecule has 0 saturated carbocycles. The molecule has 152 valence electrons. The monoisotopic (exact) mass is 431 g/mol. The number of hydrogen-bond acceptors (Lipinski definition) is 7. The number of sulfone groups is 1. The normalized spacial score (nSPS) is 14.9. The molecule has 1 saturated heterocycles. The molecule has 1 amide bonds. The number of benzene rings is 2. The lowest BCUT2D eigenvalue weighted by molar-refractivity contribution is -0.133. The first-order valence-corrected chi connectivity index (χ1v) is 11.9. The summed E-state index contributed by atoms with van der Waals surface area (Å²) >= 11 is 1.47. The number of fused-ring (bicyclic) bond motifs is 1. The van der Waals surface area contributed by atoms with Gasteiger partial charge in [-0.2, -0.15) is 0 Å². The van der Waals surface area contributed by atoms with Crippen molar-refractivity contribution in [1.82, 2.24) is 9.88 Å². The highest BCUT2D eigenvalue weighted by molar-refractivity contribution is 7.90. The van der Waals surface area contributed by atoms with Gasteiger partial charge in [0.2, 0.25) is 0 Å². The van der Waals surface area contributed by atoms with E-state index >= 15 is 0 Å². The van der Waals surface area contributed by atoms with Gasteiger partial charge in [-0.3, -0.25) is 4.79 Å². The summed E-state index contributed by atoms with van der Waals surface area (Å²) in [5.74, 6) is 0.651. The molecule has 2 heterocycles. The van der Waals surface area contributed by atoms with Crippen LogP contribution < -0.4 is 9.64 Å². The molecule has 3 aromatic rings. The minimum absolute atomic E-state index is 0.0272. The Morgan fingerprint density at radius 1 is 1.10 bits per heavy atom. The van der Waals surface area contributed by atoms with Crippen LogP contribution in [0.15, 0.2) is 53.4 Å². The maximum absolute atomic E-state index is 12.4. The summed E-state index contributed by atoms with van der Waals surface area (Å²) in [6.07, 6.45) is 1.20. The number of carbonyl (C=O) groups excluding carboxylic acids is 1. The van der Waals surface area contributed by atoms with Gasteiger partial charge in [0.25, 0.3) is 5.91 Å². The first-order valence-electron chi connectivity index (χ1n) is 9.21. The third-order valence-corrected chi connectivity index (χ3v) is 6.97. The van der Waals surface area contributed by atoms with Crippen molar-refractivity contribution in [2.45, 2.75) is 4.90 Å². The van der Waals surface area contributed by atoms with Crippen molar-refractivity contribution in [3.63, 3.8) is 0 Å². The highest BCUT2D eigenvalue weighted by Crippen LogP contribution is 2.31. The van der Waals surface area contributed by atoms with Crippen LogP contribution in [0.5, 0.6) is 5.75 Å². The predicted octanol–water partition coefficient (Wildman–Crippen LogP) is 2.43. The molecule has 0 spiro atoms. The van der Waals surface area contributed by atoms with Crippen molar-refractivity contribution in [2.75, 3.05) is 43.9 Å². The lowest BCUT2D eigenvalue weighted by atomic mass is 10.3. The molecule has 0 N–H and O–H groups in total. The molecule has 1 aliphatic heterocycles. The lowest BCUT2D eigenvalue weighted by Crippen LogP contribution is -2.50. The van der Waals surface area contributed by atoms with Crippen LogP contribution in [0, 0.1) is 0 Å². The molecule has 0 aliphatic carbocycles. The number of anilines is 1. The lowest BCUT2D eigenvalue weighted by Gasteiger charge is -2.34. The molecule has 9 heteroatoms. The maximum Gasteiger partial charge on any atom is 0.260 e. The van der Waals surface area contributed by atoms with Crippen LogP contribution in [-0.4, -0.2) is 63.3 Å². The Hall–Kier alpha value is -2.65. The molecule has 7 nitrogen and oxygen atoms in total. The van der Waals surface area contributed by atoms with E-state index in [4.69, 9.17) is 4.74 Å². The largest absolute Gasteiger partial charge is 0.484 e. The second kappa shape index (κ2) is 8.00. The van der Waals surface area contributed by atoms with Crippen LogP contribution in [0.25, 0.3) is 10.2 Å². The number of thiazole rings is 1. The molecule has 0 radical (unpaired) electrons. The SMILES string of the molecule is CS(=O)(=O)c1ccc2nc(N3CCN(C(=O)COc4ccccc4)CC3)sc2c1. The Bertz CT molecular complexity index is 1120. The van der Waals surface area contributed by atoms with Crippen molar-refractivity contribution in [3.05, 3.63) is 48.5 Å². The third kappa shape index (κ3) is 4.51. The average molecular weight is 432 g/mol. The Morgan fingerprint density at radius 2 is 1.83 bits per heavy atom. The number of para-hydroxylation sites is 1. The van der Waals surface area contributed by atoms with E-state index in [1.165, 1.54) is 17.6 Å². The van der Waals surface area contributed by atoms with Crippen molar-refractivity contribution >= 4 is 42.4 Å². The van der Waals surface area contributed by atoms with Gasteiger partial charge in [0.05, 0.1) is 15.1 Å². The van der Waals surface area contributed by atoms with Gasteiger partial charge in [-0.25, -0.2) is 13.4 Å². The van der Waals surface area contributed by atoms with E-state index < -0.39 is 9.84 Å². The van der Waals surface area contributed by atoms with E-state index in [2.05, 4.69) is 9.88 Å². The quantitative estimate of drug-likeness (QED) is 0.617. The van der Waals surface area contributed by atoms with E-state index in [0.29, 0.717) is 36.8 Å². The van der Waals surface area contributed by atoms with Gasteiger partial charge in [-0.15, -0.1) is 0 Å². The molecular weight excluding hydrogens is 410 g/mol. The first-order chi connectivity index (χ1) is 13.9. The topological polar surface area (TPSA) is 79.8 Å². The van der Waals surface area contributed by atoms with Crippen LogP contribution in [-0.2, 0) is 14.6 Å². The van der Waals surface area contributed by atoms with E-state index in [1.54, 1.807) is 23.1 Å². The zero-order chi connectivity index (χ0) is 20.4. The van der Waals surface area contributed by atoms with Gasteiger partial charge >= 0.3 is 0 Å². The molecule has 29 heavy (non-hydrogen) atoms. The van der Waals surface area contributed by atoms with Crippen LogP contribution in [0.2, 0.25) is 0 Å². The molecule has 0 bridgehead atoms. The summed E-state index contributed by atoms with van der Waals surface area (Å²) in [6, 6.07) is 14.3. The van der Waals surface area contributed by atoms with Gasteiger partial charge in [-0.1, -0.05) is 29.5 Å². The Balaban J connectivity index is 1.37. The number of hydrogen-bond donors (Lipinski definition) is 0. The average Bonchev–Trinajstić information content (AvgIpc) is 3.16. The Labute approximate surface area is 173 Å². The van der Waals surface area contributed by atoms with Crippen molar-refractivity contribution in [3.8, 4) is 5.75 Å². The van der Waals surface area contributed by atoms with E-state index in [9.17, 15) is 13.2 Å². The zero-order valence-corrected chi connectivity index (χ0v) is 17.6. The maximum atomic E-state index is 12.4. The van der Waals surface area contributed by atoms with Crippen molar-refractivity contribution < 1.29 is 17.9 Å². The number of piperazine rings is 1. The van der Waals surface area contributed by atoms with E-state index in [0.717, 1.165) is 15.3 Å². The first kappa shape index (κ1) is 19.7. The molecule has 2 aromatic carbocycles. The highest BCUT2D eigenvalue weighted by atomic mass is 32.2. The fourth-order valence-corrected chi connectivity index (χ4v) is 4.94. The highest BCUT2D eigenvalue weighted by Gasteiger charge is 2.23. The van der Waals surface area contributed by atoms with Crippen LogP contribution in [0.1, 0.15) is 0 Å². The number of rotatable bonds is 5. The predicted molar refractivity (Wildman–Crippen MR) is 113 cm³/mol. The standard InChI is InChI=1S/C20H21N3O4S2/c1-29(25,26)16-7-8-17-18(13-16)28-20(21-17)23-11-9-22(10-12-23)19(24)14-27-15-5-3-2-4-6-15/h2-8,13H,9-12,14H2,1H3. The van der Waals surface area contributed by atoms with Gasteiger partial charge in [0, 0.05) is 32.4 Å². The summed E-state index contributed by atoms with van der Waals surface area (Å²) in [5.41, 5.74) is 0.784. The molecule has 0 atom stereocenters. The second-order valence-corrected chi connectivity index (χ2v) is 9.89. The molecule has 1 fully saturated rings. The Morgan fingerprint density at radius 3 is 2.52 bits per heavy atom. The van der Waals surface area contributed by atoms with Crippen molar-refractivity contribution in [2.24, 2.45) is 0 Å². The van der Waals surface area contributed by atoms with E-state index in [1.807, 2.05) is 30.3 Å². The molecule has 4 rings (SSSR count). The Kier molecular flexibility index (Phi) is 5.42. The number of ether oxygens (including phenoxy) is 1. The van der Waals surface area contributed by atoms with Gasteiger partial charge < -0.3 is 14.5 Å². The summed E-state index contributed by atoms with van der Waals surface area (Å²) in [6.45, 7) is 2.58. The molecule has 1 aromatic heterocycles. The van der Waals surface area contributed by atoms with Gasteiger partial charge in [-0.05, 0) is 30.3 Å². The molecular formula is C20H21N3O4S2. The zero-order valence-electron chi connectivity index (χ0n) is 15.9. The van der Waals surface area contributed by atoms with Crippen LogP contribution in [0.4, 0.5) is 5.13 Å². The third-order valence-electron chi connectivity index (χ3n) is 4.79. The van der Waals surface area contributed by atoms with Gasteiger partial charge in [0.15, 0.2) is 21.6 Å². The molecule has 1 aliphatic rings. The number of nitrogens with zero attached hydrogens (tertiary/aromatic N) is 3. The number of amides is 1. The van der Waals surface area contributed by atoms with Crippen LogP contribution >= 0.6 is 11.3 Å². The smallest absolute Gasteiger partial charge is 0.260 e. The number of aromatic nitrogens is 1. The van der Waals surface area contributed by atoms with Crippen molar-refractivity contribution in [1.29, 1.82) is 0 Å². The second-order valence-electron chi connectivity index (χ2n) is 6.87. The van der Waals surface area contributed by atoms with E-state index in [-0.39, 0.29) is 12.5 Å². The summed E-state index contributed by atoms with van der Waals surface area (Å²) < 4.78 is 29.9. The summed E-state index contributed by atoms with van der Waals surface area (Å²) in [7, 11) is -3.24. The fraction of sp³-hybridized carbons (Fsp3) is 0.300. The molecule has 0 unspecified atom stereocenters.